The number of likely N-dealkylation sites (N-methyl/N-ethyl adjacent to an activating group) is 1. The molecule has 1 saturated carbocycles. The molecule has 4 heteroatoms. The van der Waals surface area contributed by atoms with Gasteiger partial charge in [0.2, 0.25) is 0 Å². The minimum Gasteiger partial charge on any atom is -0.468 e. The topological polar surface area (TPSA) is 54.1 Å². The second kappa shape index (κ2) is 3.85. The van der Waals surface area contributed by atoms with Crippen molar-refractivity contribution in [2.45, 2.75) is 17.9 Å². The molecule has 1 aromatic heterocycles. The van der Waals surface area contributed by atoms with Crippen molar-refractivity contribution in [3.8, 4) is 0 Å². The molecular weight excluding hydrogens is 228 g/mol. The standard InChI is InChI=1S/C14H16N2O2/c1-15-14(13(17)18-2)7-11(14)10-8-16-12-6-4-3-5-9(10)12/h3-6,8,11,15-16H,7H2,1-2H3. The SMILES string of the molecule is CNC1(C(=O)OC)CC1c1c[nH]c2ccccc12. The normalized spacial score (nSPS) is 26.2. The summed E-state index contributed by atoms with van der Waals surface area (Å²) in [5, 5.41) is 4.30. The first kappa shape index (κ1) is 11.3. The lowest BCUT2D eigenvalue weighted by molar-refractivity contribution is -0.144. The van der Waals surface area contributed by atoms with Gasteiger partial charge >= 0.3 is 5.97 Å². The van der Waals surface area contributed by atoms with Crippen LogP contribution in [0.1, 0.15) is 17.9 Å². The molecule has 2 aromatic rings. The molecule has 1 aromatic carbocycles. The number of carbonyl (C=O) groups excluding carboxylic acids is 1. The van der Waals surface area contributed by atoms with Crippen LogP contribution in [0.25, 0.3) is 10.9 Å². The lowest BCUT2D eigenvalue weighted by Crippen LogP contribution is -2.39. The maximum Gasteiger partial charge on any atom is 0.326 e. The molecule has 0 amide bonds. The van der Waals surface area contributed by atoms with Gasteiger partial charge in [-0.3, -0.25) is 4.79 Å². The highest BCUT2D eigenvalue weighted by atomic mass is 16.5. The van der Waals surface area contributed by atoms with Gasteiger partial charge in [-0.25, -0.2) is 0 Å². The molecule has 2 unspecified atom stereocenters. The molecular formula is C14H16N2O2. The Kier molecular flexibility index (Phi) is 2.41. The van der Waals surface area contributed by atoms with Gasteiger partial charge in [0.15, 0.2) is 0 Å². The molecule has 1 aliphatic carbocycles. The maximum absolute atomic E-state index is 11.9. The number of aromatic nitrogens is 1. The van der Waals surface area contributed by atoms with E-state index in [1.54, 1.807) is 0 Å². The number of para-hydroxylation sites is 1. The van der Waals surface area contributed by atoms with E-state index in [1.807, 2.05) is 31.4 Å². The van der Waals surface area contributed by atoms with Gasteiger partial charge in [-0.1, -0.05) is 18.2 Å². The van der Waals surface area contributed by atoms with Crippen molar-refractivity contribution < 1.29 is 9.53 Å². The van der Waals surface area contributed by atoms with Gasteiger partial charge in [-0.2, -0.15) is 0 Å². The molecule has 1 aliphatic rings. The summed E-state index contributed by atoms with van der Waals surface area (Å²) in [6, 6.07) is 8.14. The number of nitrogens with one attached hydrogen (secondary N) is 2. The number of rotatable bonds is 3. The van der Waals surface area contributed by atoms with Crippen LogP contribution in [-0.2, 0) is 9.53 Å². The highest BCUT2D eigenvalue weighted by Gasteiger charge is 2.61. The monoisotopic (exact) mass is 244 g/mol. The van der Waals surface area contributed by atoms with Crippen LogP contribution in [0.4, 0.5) is 0 Å². The third-order valence-electron chi connectivity index (χ3n) is 3.95. The molecule has 0 saturated heterocycles. The Bertz CT molecular complexity index is 605. The van der Waals surface area contributed by atoms with Crippen LogP contribution in [0.15, 0.2) is 30.5 Å². The van der Waals surface area contributed by atoms with Crippen LogP contribution >= 0.6 is 0 Å². The van der Waals surface area contributed by atoms with E-state index in [0.717, 1.165) is 11.9 Å². The van der Waals surface area contributed by atoms with Gasteiger partial charge in [0.1, 0.15) is 5.54 Å². The minimum absolute atomic E-state index is 0.180. The number of hydrogen-bond donors (Lipinski definition) is 2. The zero-order chi connectivity index (χ0) is 12.8. The summed E-state index contributed by atoms with van der Waals surface area (Å²) in [5.74, 6) is 0.00591. The fraction of sp³-hybridized carbons (Fsp3) is 0.357. The third-order valence-corrected chi connectivity index (χ3v) is 3.95. The van der Waals surface area contributed by atoms with Crippen LogP contribution in [0.3, 0.4) is 0 Å². The molecule has 0 aliphatic heterocycles. The van der Waals surface area contributed by atoms with Crippen molar-refractivity contribution in [2.75, 3.05) is 14.2 Å². The van der Waals surface area contributed by atoms with Crippen LogP contribution in [-0.4, -0.2) is 30.6 Å². The van der Waals surface area contributed by atoms with Crippen molar-refractivity contribution in [1.82, 2.24) is 10.3 Å². The summed E-state index contributed by atoms with van der Waals surface area (Å²) < 4.78 is 4.90. The van der Waals surface area contributed by atoms with Gasteiger partial charge < -0.3 is 15.0 Å². The quantitative estimate of drug-likeness (QED) is 0.809. The first-order valence-corrected chi connectivity index (χ1v) is 6.06. The molecule has 1 fully saturated rings. The summed E-state index contributed by atoms with van der Waals surface area (Å²) in [6.45, 7) is 0. The second-order valence-corrected chi connectivity index (χ2v) is 4.76. The maximum atomic E-state index is 11.9. The first-order valence-electron chi connectivity index (χ1n) is 6.06. The van der Waals surface area contributed by atoms with Gasteiger partial charge in [0.25, 0.3) is 0 Å². The number of benzene rings is 1. The van der Waals surface area contributed by atoms with Crippen molar-refractivity contribution in [2.24, 2.45) is 0 Å². The highest BCUT2D eigenvalue weighted by molar-refractivity contribution is 5.91. The van der Waals surface area contributed by atoms with Crippen molar-refractivity contribution >= 4 is 16.9 Å². The van der Waals surface area contributed by atoms with Crippen molar-refractivity contribution in [1.29, 1.82) is 0 Å². The number of hydrogen-bond acceptors (Lipinski definition) is 3. The smallest absolute Gasteiger partial charge is 0.326 e. The second-order valence-electron chi connectivity index (χ2n) is 4.76. The Hall–Kier alpha value is -1.81. The van der Waals surface area contributed by atoms with E-state index in [9.17, 15) is 4.79 Å². The van der Waals surface area contributed by atoms with Crippen LogP contribution < -0.4 is 5.32 Å². The third kappa shape index (κ3) is 1.39. The predicted octanol–water partition coefficient (Wildman–Crippen LogP) is 1.79. The fourth-order valence-electron chi connectivity index (χ4n) is 2.81. The molecule has 94 valence electrons. The number of H-pyrrole nitrogens is 1. The first-order chi connectivity index (χ1) is 8.73. The highest BCUT2D eigenvalue weighted by Crippen LogP contribution is 2.53. The molecule has 2 atom stereocenters. The van der Waals surface area contributed by atoms with E-state index in [2.05, 4.69) is 16.4 Å². The molecule has 2 N–H and O–H groups in total. The van der Waals surface area contributed by atoms with Gasteiger partial charge in [-0.05, 0) is 25.1 Å². The molecule has 4 nitrogen and oxygen atoms in total. The van der Waals surface area contributed by atoms with E-state index in [-0.39, 0.29) is 11.9 Å². The summed E-state index contributed by atoms with van der Waals surface area (Å²) in [7, 11) is 3.25. The van der Waals surface area contributed by atoms with Gasteiger partial charge in [0, 0.05) is 23.0 Å². The van der Waals surface area contributed by atoms with Crippen molar-refractivity contribution in [3.63, 3.8) is 0 Å². The average molecular weight is 244 g/mol. The van der Waals surface area contributed by atoms with Crippen LogP contribution in [0.5, 0.6) is 0 Å². The number of esters is 1. The lowest BCUT2D eigenvalue weighted by atomic mass is 10.1. The van der Waals surface area contributed by atoms with Crippen LogP contribution in [0, 0.1) is 0 Å². The number of ether oxygens (including phenoxy) is 1. The van der Waals surface area contributed by atoms with E-state index < -0.39 is 5.54 Å². The van der Waals surface area contributed by atoms with E-state index in [4.69, 9.17) is 4.74 Å². The summed E-state index contributed by atoms with van der Waals surface area (Å²) in [4.78, 5) is 15.1. The average Bonchev–Trinajstić information content (AvgIpc) is 3.02. The zero-order valence-electron chi connectivity index (χ0n) is 10.5. The number of carbonyl (C=O) groups is 1. The Labute approximate surface area is 105 Å². The zero-order valence-corrected chi connectivity index (χ0v) is 10.5. The van der Waals surface area contributed by atoms with E-state index >= 15 is 0 Å². The van der Waals surface area contributed by atoms with Crippen LogP contribution in [0.2, 0.25) is 0 Å². The molecule has 0 spiro atoms. The Morgan fingerprint density at radius 1 is 1.50 bits per heavy atom. The largest absolute Gasteiger partial charge is 0.468 e. The summed E-state index contributed by atoms with van der Waals surface area (Å²) in [6.07, 6.45) is 2.79. The predicted molar refractivity (Wildman–Crippen MR) is 69.5 cm³/mol. The van der Waals surface area contributed by atoms with Gasteiger partial charge in [0.05, 0.1) is 7.11 Å². The molecule has 18 heavy (non-hydrogen) atoms. The molecule has 1 heterocycles. The Morgan fingerprint density at radius 3 is 3.00 bits per heavy atom. The van der Waals surface area contributed by atoms with Crippen molar-refractivity contribution in [3.05, 3.63) is 36.0 Å². The minimum atomic E-state index is -0.542. The van der Waals surface area contributed by atoms with E-state index in [1.165, 1.54) is 18.1 Å². The lowest BCUT2D eigenvalue weighted by Gasteiger charge is -2.13. The summed E-state index contributed by atoms with van der Waals surface area (Å²) >= 11 is 0. The Morgan fingerprint density at radius 2 is 2.28 bits per heavy atom. The molecule has 0 bridgehead atoms. The number of fused-ring (bicyclic) bond motifs is 1. The Balaban J connectivity index is 2.01. The van der Waals surface area contributed by atoms with E-state index in [0.29, 0.717) is 0 Å². The fourth-order valence-corrected chi connectivity index (χ4v) is 2.81. The number of aromatic amines is 1. The van der Waals surface area contributed by atoms with Gasteiger partial charge in [-0.15, -0.1) is 0 Å². The summed E-state index contributed by atoms with van der Waals surface area (Å²) in [5.41, 5.74) is 1.75. The number of methoxy groups -OCH3 is 1. The molecule has 0 radical (unpaired) electrons. The molecule has 3 rings (SSSR count).